The summed E-state index contributed by atoms with van der Waals surface area (Å²) in [5.74, 6) is 0.976. The second-order valence-corrected chi connectivity index (χ2v) is 5.88. The van der Waals surface area contributed by atoms with Gasteiger partial charge < -0.3 is 4.74 Å². The Bertz CT molecular complexity index is 501. The third-order valence-corrected chi connectivity index (χ3v) is 4.64. The number of halogens is 1. The zero-order valence-corrected chi connectivity index (χ0v) is 11.2. The molecule has 0 radical (unpaired) electrons. The van der Waals surface area contributed by atoms with Gasteiger partial charge in [0.05, 0.1) is 12.0 Å². The first-order chi connectivity index (χ1) is 9.12. The van der Waals surface area contributed by atoms with Crippen molar-refractivity contribution in [2.75, 3.05) is 0 Å². The van der Waals surface area contributed by atoms with Crippen LogP contribution in [0.15, 0.2) is 18.2 Å². The lowest BCUT2D eigenvalue weighted by Gasteiger charge is -2.42. The number of benzene rings is 1. The van der Waals surface area contributed by atoms with Gasteiger partial charge in [0.25, 0.3) is 0 Å². The normalized spacial score (nSPS) is 30.0. The summed E-state index contributed by atoms with van der Waals surface area (Å²) >= 11 is 0. The highest BCUT2D eigenvalue weighted by Gasteiger charge is 2.42. The van der Waals surface area contributed by atoms with Crippen molar-refractivity contribution in [3.63, 3.8) is 0 Å². The lowest BCUT2D eigenvalue weighted by atomic mass is 9.74. The summed E-state index contributed by atoms with van der Waals surface area (Å²) in [7, 11) is 0. The van der Waals surface area contributed by atoms with Crippen LogP contribution in [0.3, 0.4) is 0 Å². The van der Waals surface area contributed by atoms with Crippen molar-refractivity contribution >= 4 is 5.78 Å². The molecule has 0 N–H and O–H groups in total. The number of Topliss-reactive ketones (excluding diaryl/α,β-unsaturated/α-hetero) is 1. The highest BCUT2D eigenvalue weighted by molar-refractivity contribution is 6.00. The molecule has 102 valence electrons. The van der Waals surface area contributed by atoms with Gasteiger partial charge in [-0.1, -0.05) is 13.3 Å². The second-order valence-electron chi connectivity index (χ2n) is 5.88. The maximum absolute atomic E-state index is 13.2. The van der Waals surface area contributed by atoms with Gasteiger partial charge in [0.15, 0.2) is 5.78 Å². The van der Waals surface area contributed by atoms with Crippen LogP contribution in [-0.4, -0.2) is 11.4 Å². The van der Waals surface area contributed by atoms with Crippen molar-refractivity contribution in [3.05, 3.63) is 29.6 Å². The monoisotopic (exact) mass is 262 g/mol. The summed E-state index contributed by atoms with van der Waals surface area (Å²) in [5, 5.41) is 0. The van der Waals surface area contributed by atoms with Gasteiger partial charge in [0, 0.05) is 0 Å². The summed E-state index contributed by atoms with van der Waals surface area (Å²) in [6.07, 6.45) is 5.73. The third-order valence-electron chi connectivity index (χ3n) is 4.64. The Morgan fingerprint density at radius 3 is 2.79 bits per heavy atom. The molecule has 0 bridgehead atoms. The van der Waals surface area contributed by atoms with E-state index in [9.17, 15) is 9.18 Å². The molecule has 2 nitrogen and oxygen atoms in total. The topological polar surface area (TPSA) is 26.3 Å². The van der Waals surface area contributed by atoms with E-state index in [2.05, 4.69) is 6.92 Å². The third kappa shape index (κ3) is 2.26. The molecule has 0 aromatic heterocycles. The van der Waals surface area contributed by atoms with Crippen LogP contribution >= 0.6 is 0 Å². The van der Waals surface area contributed by atoms with E-state index in [1.807, 2.05) is 0 Å². The quantitative estimate of drug-likeness (QED) is 0.760. The Morgan fingerprint density at radius 2 is 2.11 bits per heavy atom. The molecular formula is C16H19FO2. The lowest BCUT2D eigenvalue weighted by Crippen LogP contribution is -2.44. The zero-order chi connectivity index (χ0) is 13.5. The molecule has 1 aliphatic carbocycles. The molecule has 1 aromatic carbocycles. The molecule has 1 spiro atoms. The van der Waals surface area contributed by atoms with Crippen molar-refractivity contribution < 1.29 is 13.9 Å². The van der Waals surface area contributed by atoms with Crippen LogP contribution in [0.1, 0.15) is 55.8 Å². The molecule has 1 fully saturated rings. The first kappa shape index (κ1) is 12.6. The van der Waals surface area contributed by atoms with E-state index in [0.717, 1.165) is 31.6 Å². The first-order valence-electron chi connectivity index (χ1n) is 7.14. The van der Waals surface area contributed by atoms with Crippen LogP contribution < -0.4 is 4.74 Å². The molecular weight excluding hydrogens is 243 g/mol. The van der Waals surface area contributed by atoms with Crippen LogP contribution in [0.4, 0.5) is 4.39 Å². The van der Waals surface area contributed by atoms with E-state index >= 15 is 0 Å². The Morgan fingerprint density at radius 1 is 1.37 bits per heavy atom. The van der Waals surface area contributed by atoms with Gasteiger partial charge in [-0.2, -0.15) is 0 Å². The van der Waals surface area contributed by atoms with Crippen molar-refractivity contribution in [1.82, 2.24) is 0 Å². The predicted octanol–water partition coefficient (Wildman–Crippen LogP) is 4.13. The number of fused-ring (bicyclic) bond motifs is 1. The van der Waals surface area contributed by atoms with Gasteiger partial charge in [0.2, 0.25) is 0 Å². The smallest absolute Gasteiger partial charge is 0.170 e. The Labute approximate surface area is 113 Å². The standard InChI is InChI=1S/C16H19FO2/c1-2-11-5-7-16(8-6-11)10-14(18)13-9-12(17)3-4-15(13)19-16/h3-4,9,11H,2,5-8,10H2,1H3. The minimum absolute atomic E-state index is 0.0238. The molecule has 0 amide bonds. The summed E-state index contributed by atoms with van der Waals surface area (Å²) in [4.78, 5) is 12.2. The van der Waals surface area contributed by atoms with Crippen LogP contribution in [0.5, 0.6) is 5.75 Å². The first-order valence-corrected chi connectivity index (χ1v) is 7.14. The molecule has 1 aliphatic heterocycles. The van der Waals surface area contributed by atoms with Gasteiger partial charge in [0.1, 0.15) is 17.2 Å². The van der Waals surface area contributed by atoms with Crippen molar-refractivity contribution in [2.24, 2.45) is 5.92 Å². The molecule has 3 heteroatoms. The number of rotatable bonds is 1. The SMILES string of the molecule is CCC1CCC2(CC1)CC(=O)c1cc(F)ccc1O2. The minimum Gasteiger partial charge on any atom is -0.486 e. The molecule has 0 atom stereocenters. The van der Waals surface area contributed by atoms with E-state index in [4.69, 9.17) is 4.74 Å². The number of hydrogen-bond acceptors (Lipinski definition) is 2. The number of ketones is 1. The van der Waals surface area contributed by atoms with Crippen LogP contribution in [0.2, 0.25) is 0 Å². The molecule has 19 heavy (non-hydrogen) atoms. The summed E-state index contributed by atoms with van der Waals surface area (Å²) in [6.45, 7) is 2.22. The Kier molecular flexibility index (Phi) is 3.08. The molecule has 0 saturated heterocycles. The van der Waals surface area contributed by atoms with Crippen molar-refractivity contribution in [2.45, 2.75) is 51.0 Å². The fourth-order valence-electron chi connectivity index (χ4n) is 3.36. The highest BCUT2D eigenvalue weighted by Crippen LogP contribution is 2.43. The van der Waals surface area contributed by atoms with Crippen LogP contribution in [0, 0.1) is 11.7 Å². The summed E-state index contributed by atoms with van der Waals surface area (Å²) in [6, 6.07) is 4.25. The van der Waals surface area contributed by atoms with E-state index in [1.165, 1.54) is 18.6 Å². The van der Waals surface area contributed by atoms with E-state index in [-0.39, 0.29) is 17.2 Å². The summed E-state index contributed by atoms with van der Waals surface area (Å²) in [5.41, 5.74) is 0.0800. The molecule has 0 unspecified atom stereocenters. The maximum atomic E-state index is 13.2. The zero-order valence-electron chi connectivity index (χ0n) is 11.2. The van der Waals surface area contributed by atoms with Gasteiger partial charge in [-0.15, -0.1) is 0 Å². The maximum Gasteiger partial charge on any atom is 0.170 e. The molecule has 1 heterocycles. The molecule has 3 rings (SSSR count). The van der Waals surface area contributed by atoms with Crippen LogP contribution in [0.25, 0.3) is 0 Å². The minimum atomic E-state index is -0.374. The average molecular weight is 262 g/mol. The van der Waals surface area contributed by atoms with E-state index in [0.29, 0.717) is 17.7 Å². The van der Waals surface area contributed by atoms with Crippen molar-refractivity contribution in [1.29, 1.82) is 0 Å². The average Bonchev–Trinajstić information content (AvgIpc) is 2.41. The van der Waals surface area contributed by atoms with Gasteiger partial charge >= 0.3 is 0 Å². The second kappa shape index (κ2) is 4.62. The summed E-state index contributed by atoms with van der Waals surface area (Å²) < 4.78 is 19.3. The van der Waals surface area contributed by atoms with Gasteiger partial charge in [-0.25, -0.2) is 4.39 Å². The highest BCUT2D eigenvalue weighted by atomic mass is 19.1. The fourth-order valence-corrected chi connectivity index (χ4v) is 3.36. The Hall–Kier alpha value is -1.38. The molecule has 1 aromatic rings. The number of ether oxygens (including phenoxy) is 1. The van der Waals surface area contributed by atoms with Crippen molar-refractivity contribution in [3.8, 4) is 5.75 Å². The van der Waals surface area contributed by atoms with E-state index < -0.39 is 0 Å². The van der Waals surface area contributed by atoms with E-state index in [1.54, 1.807) is 6.07 Å². The van der Waals surface area contributed by atoms with Gasteiger partial charge in [-0.3, -0.25) is 4.79 Å². The fraction of sp³-hybridized carbons (Fsp3) is 0.562. The largest absolute Gasteiger partial charge is 0.486 e. The lowest BCUT2D eigenvalue weighted by molar-refractivity contribution is 0.00164. The number of carbonyl (C=O) groups is 1. The predicted molar refractivity (Wildman–Crippen MR) is 71.0 cm³/mol. The number of hydrogen-bond donors (Lipinski definition) is 0. The number of carbonyl (C=O) groups excluding carboxylic acids is 1. The Balaban J connectivity index is 1.85. The molecule has 2 aliphatic rings. The molecule has 1 saturated carbocycles. The van der Waals surface area contributed by atoms with Gasteiger partial charge in [-0.05, 0) is 49.8 Å². The van der Waals surface area contributed by atoms with Crippen LogP contribution in [-0.2, 0) is 0 Å².